The summed E-state index contributed by atoms with van der Waals surface area (Å²) < 4.78 is 16.1. The van der Waals surface area contributed by atoms with Crippen molar-refractivity contribution in [2.24, 2.45) is 5.92 Å². The molecule has 0 bridgehead atoms. The van der Waals surface area contributed by atoms with Crippen LogP contribution in [0.3, 0.4) is 0 Å². The molecular weight excluding hydrogens is 584 g/mol. The quantitative estimate of drug-likeness (QED) is 0.163. The molecule has 1 saturated heterocycles. The summed E-state index contributed by atoms with van der Waals surface area (Å²) in [6, 6.07) is 24.4. The topological polar surface area (TPSA) is 111 Å². The number of methoxy groups -OCH3 is 2. The molecule has 0 saturated carbocycles. The standard InChI is InChI=1S/C37H30N2O7/c1-21(40)46-25-15-12-23(13-16-25)34(42)32-31(33(41)24-14-17-29(44-2)30(20-24)45-3)37(27-10-6-7-11-28(27)38-36(37)43)35-26-9-5-4-8-22(26)18-19-39(32)35/h4-20,31-32,35H,1-3H3,(H,38,43). The first-order chi connectivity index (χ1) is 22.3. The average molecular weight is 615 g/mol. The number of carbonyl (C=O) groups is 4. The highest BCUT2D eigenvalue weighted by atomic mass is 16.5. The van der Waals surface area contributed by atoms with E-state index in [9.17, 15) is 14.4 Å². The Kier molecular flexibility index (Phi) is 6.96. The number of hydrogen-bond acceptors (Lipinski definition) is 8. The highest BCUT2D eigenvalue weighted by Crippen LogP contribution is 2.62. The molecule has 4 aromatic rings. The Balaban J connectivity index is 1.48. The van der Waals surface area contributed by atoms with Gasteiger partial charge in [-0.2, -0.15) is 0 Å². The van der Waals surface area contributed by atoms with Crippen molar-refractivity contribution in [3.63, 3.8) is 0 Å². The van der Waals surface area contributed by atoms with Crippen molar-refractivity contribution in [1.29, 1.82) is 0 Å². The first-order valence-electron chi connectivity index (χ1n) is 14.8. The molecule has 9 nitrogen and oxygen atoms in total. The SMILES string of the molecule is COc1ccc(C(=O)C2C(C(=O)c3ccc(OC(C)=O)cc3)N3C=Cc4ccccc4C3C23C(=O)Nc2ccccc23)cc1OC. The number of carbonyl (C=O) groups excluding carboxylic acids is 4. The van der Waals surface area contributed by atoms with E-state index in [1.54, 1.807) is 42.5 Å². The van der Waals surface area contributed by atoms with E-state index in [4.69, 9.17) is 14.2 Å². The molecule has 4 atom stereocenters. The van der Waals surface area contributed by atoms with E-state index >= 15 is 4.79 Å². The highest BCUT2D eigenvalue weighted by molar-refractivity contribution is 6.16. The van der Waals surface area contributed by atoms with Crippen LogP contribution in [0.5, 0.6) is 17.2 Å². The molecule has 0 aromatic heterocycles. The Labute approximate surface area is 265 Å². The minimum atomic E-state index is -1.47. The normalized spacial score (nSPS) is 22.0. The van der Waals surface area contributed by atoms with Crippen LogP contribution in [0.25, 0.3) is 6.08 Å². The van der Waals surface area contributed by atoms with E-state index in [-0.39, 0.29) is 23.0 Å². The molecular formula is C37H30N2O7. The molecule has 9 heteroatoms. The van der Waals surface area contributed by atoms with Crippen molar-refractivity contribution < 1.29 is 33.4 Å². The van der Waals surface area contributed by atoms with Gasteiger partial charge >= 0.3 is 5.97 Å². The first-order valence-corrected chi connectivity index (χ1v) is 14.8. The minimum absolute atomic E-state index is 0.277. The van der Waals surface area contributed by atoms with Crippen LogP contribution < -0.4 is 19.5 Å². The fourth-order valence-corrected chi connectivity index (χ4v) is 7.36. The molecule has 1 N–H and O–H groups in total. The van der Waals surface area contributed by atoms with Gasteiger partial charge in [0, 0.05) is 29.9 Å². The third-order valence-corrected chi connectivity index (χ3v) is 9.19. The van der Waals surface area contributed by atoms with Crippen LogP contribution in [0.1, 0.15) is 50.4 Å². The number of amides is 1. The molecule has 0 aliphatic carbocycles. The number of ether oxygens (including phenoxy) is 3. The number of fused-ring (bicyclic) bond motifs is 6. The van der Waals surface area contributed by atoms with Crippen LogP contribution in [-0.2, 0) is 15.0 Å². The number of nitrogens with one attached hydrogen (secondary N) is 1. The van der Waals surface area contributed by atoms with Crippen molar-refractivity contribution in [1.82, 2.24) is 4.90 Å². The fraction of sp³-hybridized carbons (Fsp3) is 0.189. The predicted octanol–water partition coefficient (Wildman–Crippen LogP) is 5.61. The van der Waals surface area contributed by atoms with Gasteiger partial charge in [-0.3, -0.25) is 19.2 Å². The largest absolute Gasteiger partial charge is 0.493 e. The number of esters is 1. The van der Waals surface area contributed by atoms with E-state index in [0.29, 0.717) is 34.1 Å². The molecule has 3 aliphatic rings. The van der Waals surface area contributed by atoms with Crippen molar-refractivity contribution in [3.05, 3.63) is 125 Å². The number of para-hydroxylation sites is 1. The average Bonchev–Trinajstić information content (AvgIpc) is 3.55. The van der Waals surface area contributed by atoms with Gasteiger partial charge in [0.1, 0.15) is 17.2 Å². The number of ketones is 2. The summed E-state index contributed by atoms with van der Waals surface area (Å²) in [5.41, 5.74) is 2.10. The van der Waals surface area contributed by atoms with Gasteiger partial charge in [0.15, 0.2) is 23.1 Å². The maximum absolute atomic E-state index is 15.1. The number of anilines is 1. The number of rotatable bonds is 7. The Hall–Kier alpha value is -5.70. The van der Waals surface area contributed by atoms with Gasteiger partial charge in [-0.25, -0.2) is 0 Å². The second-order valence-corrected chi connectivity index (χ2v) is 11.5. The zero-order valence-corrected chi connectivity index (χ0v) is 25.4. The summed E-state index contributed by atoms with van der Waals surface area (Å²) >= 11 is 0. The second-order valence-electron chi connectivity index (χ2n) is 11.5. The van der Waals surface area contributed by atoms with Crippen molar-refractivity contribution >= 4 is 35.2 Å². The fourth-order valence-electron chi connectivity index (χ4n) is 7.36. The molecule has 4 unspecified atom stereocenters. The zero-order valence-electron chi connectivity index (χ0n) is 25.4. The van der Waals surface area contributed by atoms with Gasteiger partial charge in [-0.05, 0) is 71.3 Å². The molecule has 3 aliphatic heterocycles. The second kappa shape index (κ2) is 11.0. The smallest absolute Gasteiger partial charge is 0.308 e. The third kappa shape index (κ3) is 4.23. The first kappa shape index (κ1) is 29.0. The van der Waals surface area contributed by atoms with Gasteiger partial charge in [-0.15, -0.1) is 0 Å². The Bertz CT molecular complexity index is 1950. The molecule has 1 amide bonds. The zero-order chi connectivity index (χ0) is 32.2. The summed E-state index contributed by atoms with van der Waals surface area (Å²) in [5.74, 6) is -1.65. The number of Topliss-reactive ketones (excluding diaryl/α,β-unsaturated/α-hetero) is 2. The Morgan fingerprint density at radius 1 is 0.804 bits per heavy atom. The van der Waals surface area contributed by atoms with E-state index in [0.717, 1.165) is 11.1 Å². The van der Waals surface area contributed by atoms with Crippen molar-refractivity contribution in [3.8, 4) is 17.2 Å². The molecule has 4 aromatic carbocycles. The van der Waals surface area contributed by atoms with Crippen LogP contribution in [0, 0.1) is 5.92 Å². The van der Waals surface area contributed by atoms with Crippen LogP contribution in [0.15, 0.2) is 97.2 Å². The predicted molar refractivity (Wildman–Crippen MR) is 170 cm³/mol. The van der Waals surface area contributed by atoms with Crippen molar-refractivity contribution in [2.75, 3.05) is 19.5 Å². The molecule has 46 heavy (non-hydrogen) atoms. The molecule has 7 rings (SSSR count). The van der Waals surface area contributed by atoms with Gasteiger partial charge in [0.05, 0.1) is 26.2 Å². The molecule has 1 fully saturated rings. The lowest BCUT2D eigenvalue weighted by atomic mass is 9.62. The molecule has 0 radical (unpaired) electrons. The lowest BCUT2D eigenvalue weighted by Gasteiger charge is -2.38. The maximum atomic E-state index is 15.1. The lowest BCUT2D eigenvalue weighted by molar-refractivity contribution is -0.131. The van der Waals surface area contributed by atoms with Crippen LogP contribution in [-0.4, -0.2) is 48.6 Å². The van der Waals surface area contributed by atoms with E-state index in [1.807, 2.05) is 65.7 Å². The van der Waals surface area contributed by atoms with Gasteiger partial charge in [0.25, 0.3) is 0 Å². The number of benzene rings is 4. The van der Waals surface area contributed by atoms with E-state index in [2.05, 4.69) is 5.32 Å². The molecule has 230 valence electrons. The van der Waals surface area contributed by atoms with Crippen LogP contribution >= 0.6 is 0 Å². The number of nitrogens with zero attached hydrogens (tertiary/aromatic N) is 1. The summed E-state index contributed by atoms with van der Waals surface area (Å²) in [7, 11) is 2.99. The maximum Gasteiger partial charge on any atom is 0.308 e. The summed E-state index contributed by atoms with van der Waals surface area (Å²) in [4.78, 5) is 57.8. The summed E-state index contributed by atoms with van der Waals surface area (Å²) in [5, 5.41) is 3.05. The number of hydrogen-bond donors (Lipinski definition) is 1. The minimum Gasteiger partial charge on any atom is -0.493 e. The van der Waals surface area contributed by atoms with Gasteiger partial charge in [-0.1, -0.05) is 42.5 Å². The Morgan fingerprint density at radius 3 is 2.24 bits per heavy atom. The van der Waals surface area contributed by atoms with Crippen LogP contribution in [0.4, 0.5) is 5.69 Å². The Morgan fingerprint density at radius 2 is 1.50 bits per heavy atom. The van der Waals surface area contributed by atoms with Gasteiger partial charge < -0.3 is 24.4 Å². The molecule has 3 heterocycles. The summed E-state index contributed by atoms with van der Waals surface area (Å²) in [6.07, 6.45) is 3.73. The van der Waals surface area contributed by atoms with E-state index < -0.39 is 29.4 Å². The monoisotopic (exact) mass is 614 g/mol. The van der Waals surface area contributed by atoms with Crippen LogP contribution in [0.2, 0.25) is 0 Å². The van der Waals surface area contributed by atoms with E-state index in [1.165, 1.54) is 21.1 Å². The lowest BCUT2D eigenvalue weighted by Crippen LogP contribution is -2.49. The molecule has 1 spiro atoms. The van der Waals surface area contributed by atoms with Crippen molar-refractivity contribution in [2.45, 2.75) is 24.4 Å². The third-order valence-electron chi connectivity index (χ3n) is 9.19. The van der Waals surface area contributed by atoms with Gasteiger partial charge in [0.2, 0.25) is 5.91 Å². The summed E-state index contributed by atoms with van der Waals surface area (Å²) in [6.45, 7) is 1.30. The highest BCUT2D eigenvalue weighted by Gasteiger charge is 2.70.